The van der Waals surface area contributed by atoms with Gasteiger partial charge in [-0.05, 0) is 12.1 Å². The number of benzene rings is 1. The van der Waals surface area contributed by atoms with Gasteiger partial charge in [-0.25, -0.2) is 0 Å². The molecule has 1 aromatic carbocycles. The van der Waals surface area contributed by atoms with Crippen molar-refractivity contribution in [3.05, 3.63) is 33.9 Å². The van der Waals surface area contributed by atoms with Crippen LogP contribution in [0, 0.1) is 10.1 Å². The van der Waals surface area contributed by atoms with E-state index in [-0.39, 0.29) is 23.5 Å². The number of hydrogen-bond acceptors (Lipinski definition) is 6. The van der Waals surface area contributed by atoms with Gasteiger partial charge in [-0.1, -0.05) is 0 Å². The molecule has 0 spiro atoms. The second kappa shape index (κ2) is 5.98. The van der Waals surface area contributed by atoms with E-state index < -0.39 is 4.92 Å². The first kappa shape index (κ1) is 14.4. The van der Waals surface area contributed by atoms with E-state index in [2.05, 4.69) is 0 Å². The highest BCUT2D eigenvalue weighted by atomic mass is 16.6. The SMILES string of the molecule is COC1CN(c2ccc([N+](=O)[O-])c(C=O)c2)CC1OC. The number of methoxy groups -OCH3 is 2. The predicted octanol–water partition coefficient (Wildman–Crippen LogP) is 1.26. The molecule has 1 aliphatic heterocycles. The third-order valence-corrected chi connectivity index (χ3v) is 3.52. The van der Waals surface area contributed by atoms with Gasteiger partial charge in [0.1, 0.15) is 12.2 Å². The van der Waals surface area contributed by atoms with Crippen molar-refractivity contribution in [1.29, 1.82) is 0 Å². The van der Waals surface area contributed by atoms with E-state index in [0.717, 1.165) is 5.69 Å². The molecular weight excluding hydrogens is 264 g/mol. The van der Waals surface area contributed by atoms with Gasteiger partial charge in [0, 0.05) is 39.1 Å². The van der Waals surface area contributed by atoms with Crippen LogP contribution >= 0.6 is 0 Å². The van der Waals surface area contributed by atoms with E-state index in [1.54, 1.807) is 20.3 Å². The lowest BCUT2D eigenvalue weighted by Gasteiger charge is -2.18. The average Bonchev–Trinajstić information content (AvgIpc) is 2.89. The van der Waals surface area contributed by atoms with Gasteiger partial charge >= 0.3 is 0 Å². The fourth-order valence-corrected chi connectivity index (χ4v) is 2.41. The molecule has 1 saturated heterocycles. The van der Waals surface area contributed by atoms with Crippen molar-refractivity contribution in [3.8, 4) is 0 Å². The number of rotatable bonds is 5. The zero-order valence-corrected chi connectivity index (χ0v) is 11.3. The lowest BCUT2D eigenvalue weighted by atomic mass is 10.1. The maximum atomic E-state index is 11.0. The molecule has 2 rings (SSSR count). The van der Waals surface area contributed by atoms with Crippen LogP contribution in [0.3, 0.4) is 0 Å². The molecule has 1 aliphatic rings. The Kier molecular flexibility index (Phi) is 4.31. The Morgan fingerprint density at radius 3 is 2.35 bits per heavy atom. The highest BCUT2D eigenvalue weighted by Crippen LogP contribution is 2.27. The molecule has 1 aromatic rings. The van der Waals surface area contributed by atoms with Crippen molar-refractivity contribution < 1.29 is 19.2 Å². The number of aldehydes is 1. The fourth-order valence-electron chi connectivity index (χ4n) is 2.41. The Balaban J connectivity index is 2.26. The topological polar surface area (TPSA) is 81.9 Å². The standard InChI is InChI=1S/C13H16N2O5/c1-19-12-6-14(7-13(12)20-2)10-3-4-11(15(17)18)9(5-10)8-16/h3-5,8,12-13H,6-7H2,1-2H3. The zero-order chi connectivity index (χ0) is 14.7. The van der Waals surface area contributed by atoms with Gasteiger partial charge in [0.05, 0.1) is 10.5 Å². The first-order valence-electron chi connectivity index (χ1n) is 6.14. The van der Waals surface area contributed by atoms with E-state index in [1.165, 1.54) is 12.1 Å². The van der Waals surface area contributed by atoms with E-state index >= 15 is 0 Å². The molecule has 0 saturated carbocycles. The molecule has 1 heterocycles. The summed E-state index contributed by atoms with van der Waals surface area (Å²) >= 11 is 0. The summed E-state index contributed by atoms with van der Waals surface area (Å²) in [6.07, 6.45) is 0.379. The summed E-state index contributed by atoms with van der Waals surface area (Å²) in [6.45, 7) is 1.23. The molecule has 0 radical (unpaired) electrons. The Bertz CT molecular complexity index is 507. The van der Waals surface area contributed by atoms with Crippen LogP contribution in [-0.2, 0) is 9.47 Å². The zero-order valence-electron chi connectivity index (χ0n) is 11.3. The van der Waals surface area contributed by atoms with Crippen LogP contribution in [0.5, 0.6) is 0 Å². The number of carbonyl (C=O) groups excluding carboxylic acids is 1. The molecule has 1 fully saturated rings. The molecule has 7 nitrogen and oxygen atoms in total. The van der Waals surface area contributed by atoms with Crippen LogP contribution < -0.4 is 4.90 Å². The summed E-state index contributed by atoms with van der Waals surface area (Å²) in [4.78, 5) is 23.2. The minimum absolute atomic E-state index is 0.0603. The van der Waals surface area contributed by atoms with Crippen LogP contribution in [0.2, 0.25) is 0 Å². The van der Waals surface area contributed by atoms with Crippen LogP contribution in [-0.4, -0.2) is 50.7 Å². The van der Waals surface area contributed by atoms with Gasteiger partial charge in [0.25, 0.3) is 5.69 Å². The lowest BCUT2D eigenvalue weighted by Crippen LogP contribution is -2.27. The molecule has 20 heavy (non-hydrogen) atoms. The number of nitrogens with zero attached hydrogens (tertiary/aromatic N) is 2. The number of anilines is 1. The first-order valence-corrected chi connectivity index (χ1v) is 6.14. The lowest BCUT2D eigenvalue weighted by molar-refractivity contribution is -0.385. The second-order valence-electron chi connectivity index (χ2n) is 4.57. The van der Waals surface area contributed by atoms with Crippen LogP contribution in [0.4, 0.5) is 11.4 Å². The van der Waals surface area contributed by atoms with Crippen LogP contribution in [0.15, 0.2) is 18.2 Å². The van der Waals surface area contributed by atoms with Crippen molar-refractivity contribution in [2.75, 3.05) is 32.2 Å². The van der Waals surface area contributed by atoms with E-state index in [1.807, 2.05) is 4.90 Å². The summed E-state index contributed by atoms with van der Waals surface area (Å²) in [5.74, 6) is 0. The minimum Gasteiger partial charge on any atom is -0.377 e. The Labute approximate surface area is 116 Å². The normalized spacial score (nSPS) is 22.0. The summed E-state index contributed by atoms with van der Waals surface area (Å²) in [6, 6.07) is 4.51. The number of hydrogen-bond donors (Lipinski definition) is 0. The molecule has 108 valence electrons. The van der Waals surface area contributed by atoms with E-state index in [0.29, 0.717) is 19.4 Å². The van der Waals surface area contributed by atoms with Gasteiger partial charge in [0.2, 0.25) is 0 Å². The Hall–Kier alpha value is -1.99. The fraction of sp³-hybridized carbons (Fsp3) is 0.462. The Morgan fingerprint density at radius 2 is 1.90 bits per heavy atom. The first-order chi connectivity index (χ1) is 9.60. The van der Waals surface area contributed by atoms with Crippen molar-refractivity contribution in [2.24, 2.45) is 0 Å². The maximum absolute atomic E-state index is 11.0. The molecule has 0 aromatic heterocycles. The molecule has 0 bridgehead atoms. The smallest absolute Gasteiger partial charge is 0.280 e. The number of nitro groups is 1. The van der Waals surface area contributed by atoms with Gasteiger partial charge in [-0.15, -0.1) is 0 Å². The predicted molar refractivity (Wildman–Crippen MR) is 72.3 cm³/mol. The van der Waals surface area contributed by atoms with E-state index in [4.69, 9.17) is 9.47 Å². The monoisotopic (exact) mass is 280 g/mol. The van der Waals surface area contributed by atoms with Crippen LogP contribution in [0.25, 0.3) is 0 Å². The molecule has 0 amide bonds. The van der Waals surface area contributed by atoms with Crippen LogP contribution in [0.1, 0.15) is 10.4 Å². The average molecular weight is 280 g/mol. The number of nitro benzene ring substituents is 1. The summed E-state index contributed by atoms with van der Waals surface area (Å²) in [5.41, 5.74) is 0.635. The third-order valence-electron chi connectivity index (χ3n) is 3.52. The van der Waals surface area contributed by atoms with Crippen molar-refractivity contribution in [3.63, 3.8) is 0 Å². The highest BCUT2D eigenvalue weighted by molar-refractivity contribution is 5.83. The van der Waals surface area contributed by atoms with Gasteiger partial charge in [-0.2, -0.15) is 0 Å². The quantitative estimate of drug-likeness (QED) is 0.459. The molecule has 2 unspecified atom stereocenters. The highest BCUT2D eigenvalue weighted by Gasteiger charge is 2.33. The van der Waals surface area contributed by atoms with E-state index in [9.17, 15) is 14.9 Å². The van der Waals surface area contributed by atoms with Gasteiger partial charge in [0.15, 0.2) is 6.29 Å². The number of ether oxygens (including phenoxy) is 2. The molecule has 2 atom stereocenters. The summed E-state index contributed by atoms with van der Waals surface area (Å²) in [7, 11) is 3.24. The van der Waals surface area contributed by atoms with Crippen molar-refractivity contribution in [1.82, 2.24) is 0 Å². The molecular formula is C13H16N2O5. The van der Waals surface area contributed by atoms with Crippen molar-refractivity contribution >= 4 is 17.7 Å². The summed E-state index contributed by atoms with van der Waals surface area (Å²) < 4.78 is 10.7. The second-order valence-corrected chi connectivity index (χ2v) is 4.57. The maximum Gasteiger partial charge on any atom is 0.280 e. The largest absolute Gasteiger partial charge is 0.377 e. The minimum atomic E-state index is -0.562. The Morgan fingerprint density at radius 1 is 1.30 bits per heavy atom. The molecule has 7 heteroatoms. The molecule has 0 N–H and O–H groups in total. The number of carbonyl (C=O) groups is 1. The van der Waals surface area contributed by atoms with Gasteiger partial charge in [-0.3, -0.25) is 14.9 Å². The summed E-state index contributed by atoms with van der Waals surface area (Å²) in [5, 5.41) is 10.8. The van der Waals surface area contributed by atoms with Gasteiger partial charge < -0.3 is 14.4 Å². The molecule has 0 aliphatic carbocycles. The van der Waals surface area contributed by atoms with Crippen molar-refractivity contribution in [2.45, 2.75) is 12.2 Å². The third kappa shape index (κ3) is 2.63.